The first-order valence-corrected chi connectivity index (χ1v) is 9.52. The van der Waals surface area contributed by atoms with Crippen LogP contribution < -0.4 is 18.9 Å². The van der Waals surface area contributed by atoms with E-state index in [4.69, 9.17) is 23.4 Å². The van der Waals surface area contributed by atoms with Gasteiger partial charge >= 0.3 is 0 Å². The maximum atomic E-state index is 13.5. The van der Waals surface area contributed by atoms with E-state index in [9.17, 15) is 4.79 Å². The molecule has 2 aromatic carbocycles. The summed E-state index contributed by atoms with van der Waals surface area (Å²) in [5, 5.41) is 0. The molecule has 0 N–H and O–H groups in total. The van der Waals surface area contributed by atoms with E-state index in [1.165, 1.54) is 7.11 Å². The lowest BCUT2D eigenvalue weighted by atomic mass is 10.1. The number of aryl methyl sites for hydroxylation is 1. The molecule has 0 radical (unpaired) electrons. The molecule has 0 saturated carbocycles. The lowest BCUT2D eigenvalue weighted by Gasteiger charge is -2.23. The van der Waals surface area contributed by atoms with E-state index in [1.807, 2.05) is 37.3 Å². The number of fused-ring (bicyclic) bond motifs is 1. The number of benzene rings is 2. The first-order chi connectivity index (χ1) is 14.6. The Morgan fingerprint density at radius 3 is 2.53 bits per heavy atom. The van der Waals surface area contributed by atoms with Crippen LogP contribution in [0.15, 0.2) is 52.9 Å². The van der Waals surface area contributed by atoms with E-state index in [0.29, 0.717) is 47.4 Å². The average molecular weight is 409 g/mol. The second-order valence-electron chi connectivity index (χ2n) is 6.93. The molecule has 2 heterocycles. The van der Waals surface area contributed by atoms with E-state index in [1.54, 1.807) is 30.2 Å². The number of rotatable bonds is 7. The number of hydrogen-bond donors (Lipinski definition) is 0. The van der Waals surface area contributed by atoms with Gasteiger partial charge in [0.25, 0.3) is 5.91 Å². The molecule has 1 aliphatic heterocycles. The summed E-state index contributed by atoms with van der Waals surface area (Å²) in [4.78, 5) is 15.2. The Hall–Kier alpha value is -3.61. The molecule has 0 saturated heterocycles. The maximum Gasteiger partial charge on any atom is 0.258 e. The largest absolute Gasteiger partial charge is 0.497 e. The number of carbonyl (C=O) groups excluding carboxylic acids is 1. The van der Waals surface area contributed by atoms with Crippen molar-refractivity contribution in [2.75, 3.05) is 21.0 Å². The molecule has 0 unspecified atom stereocenters. The third kappa shape index (κ3) is 4.05. The Balaban J connectivity index is 1.65. The number of furan rings is 1. The fourth-order valence-corrected chi connectivity index (χ4v) is 3.36. The second kappa shape index (κ2) is 8.41. The molecule has 0 spiro atoms. The van der Waals surface area contributed by atoms with Gasteiger partial charge in [0.2, 0.25) is 6.79 Å². The summed E-state index contributed by atoms with van der Waals surface area (Å²) in [7, 11) is 3.10. The van der Waals surface area contributed by atoms with Gasteiger partial charge in [0.15, 0.2) is 11.5 Å². The summed E-state index contributed by atoms with van der Waals surface area (Å²) in [6, 6.07) is 14.6. The molecule has 30 heavy (non-hydrogen) atoms. The summed E-state index contributed by atoms with van der Waals surface area (Å²) in [5.74, 6) is 3.77. The number of carbonyl (C=O) groups is 1. The van der Waals surface area contributed by atoms with Crippen molar-refractivity contribution in [2.24, 2.45) is 0 Å². The van der Waals surface area contributed by atoms with Crippen molar-refractivity contribution in [3.8, 4) is 23.0 Å². The van der Waals surface area contributed by atoms with E-state index in [0.717, 1.165) is 11.3 Å². The second-order valence-corrected chi connectivity index (χ2v) is 6.93. The number of amides is 1. The molecule has 0 aliphatic carbocycles. The molecule has 7 nitrogen and oxygen atoms in total. The van der Waals surface area contributed by atoms with Gasteiger partial charge in [-0.3, -0.25) is 4.79 Å². The molecule has 4 rings (SSSR count). The zero-order chi connectivity index (χ0) is 21.1. The third-order valence-electron chi connectivity index (χ3n) is 4.88. The highest BCUT2D eigenvalue weighted by Gasteiger charge is 2.23. The molecule has 7 heteroatoms. The van der Waals surface area contributed by atoms with Crippen molar-refractivity contribution in [1.29, 1.82) is 0 Å². The predicted molar refractivity (Wildman–Crippen MR) is 109 cm³/mol. The Kier molecular flexibility index (Phi) is 5.52. The molecule has 0 atom stereocenters. The van der Waals surface area contributed by atoms with Gasteiger partial charge in [-0.1, -0.05) is 6.07 Å². The average Bonchev–Trinajstić information content (AvgIpc) is 3.40. The van der Waals surface area contributed by atoms with Gasteiger partial charge in [-0.2, -0.15) is 0 Å². The zero-order valence-electron chi connectivity index (χ0n) is 17.1. The van der Waals surface area contributed by atoms with Crippen LogP contribution in [0.25, 0.3) is 0 Å². The molecule has 0 fully saturated rings. The Bertz CT molecular complexity index is 1060. The van der Waals surface area contributed by atoms with E-state index >= 15 is 0 Å². The third-order valence-corrected chi connectivity index (χ3v) is 4.88. The van der Waals surface area contributed by atoms with Gasteiger partial charge in [-0.05, 0) is 48.9 Å². The number of hydrogen-bond acceptors (Lipinski definition) is 6. The highest BCUT2D eigenvalue weighted by atomic mass is 16.7. The molecular weight excluding hydrogens is 386 g/mol. The highest BCUT2D eigenvalue weighted by molar-refractivity contribution is 5.97. The number of ether oxygens (including phenoxy) is 4. The standard InChI is InChI=1S/C23H23NO6/c1-15-4-6-18(30-15)13-24(12-16-5-9-20-22(10-16)29-14-28-20)23(25)19-8-7-17(26-2)11-21(19)27-3/h4-11H,12-14H2,1-3H3. The molecular formula is C23H23NO6. The highest BCUT2D eigenvalue weighted by Crippen LogP contribution is 2.33. The first kappa shape index (κ1) is 19.7. The minimum atomic E-state index is -0.179. The quantitative estimate of drug-likeness (QED) is 0.583. The van der Waals surface area contributed by atoms with Crippen molar-refractivity contribution in [1.82, 2.24) is 4.90 Å². The SMILES string of the molecule is COc1ccc(C(=O)N(Cc2ccc3c(c2)OCO3)Cc2ccc(C)o2)c(OC)c1. The van der Waals surface area contributed by atoms with Gasteiger partial charge < -0.3 is 28.3 Å². The number of nitrogens with zero attached hydrogens (tertiary/aromatic N) is 1. The molecule has 0 bridgehead atoms. The minimum absolute atomic E-state index is 0.179. The summed E-state index contributed by atoms with van der Waals surface area (Å²) < 4.78 is 27.2. The minimum Gasteiger partial charge on any atom is -0.497 e. The predicted octanol–water partition coefficient (Wildman–Crippen LogP) is 4.18. The summed E-state index contributed by atoms with van der Waals surface area (Å²) in [6.45, 7) is 2.76. The smallest absolute Gasteiger partial charge is 0.258 e. The van der Waals surface area contributed by atoms with Crippen LogP contribution in [0.1, 0.15) is 27.4 Å². The maximum absolute atomic E-state index is 13.5. The first-order valence-electron chi connectivity index (χ1n) is 9.52. The number of methoxy groups -OCH3 is 2. The van der Waals surface area contributed by atoms with Crippen LogP contribution in [0.2, 0.25) is 0 Å². The fourth-order valence-electron chi connectivity index (χ4n) is 3.36. The van der Waals surface area contributed by atoms with Crippen LogP contribution in [0.4, 0.5) is 0 Å². The van der Waals surface area contributed by atoms with Crippen molar-refractivity contribution in [3.63, 3.8) is 0 Å². The topological polar surface area (TPSA) is 70.4 Å². The zero-order valence-corrected chi connectivity index (χ0v) is 17.1. The molecule has 156 valence electrons. The van der Waals surface area contributed by atoms with Crippen LogP contribution >= 0.6 is 0 Å². The van der Waals surface area contributed by atoms with Crippen molar-refractivity contribution < 1.29 is 28.2 Å². The van der Waals surface area contributed by atoms with Crippen molar-refractivity contribution >= 4 is 5.91 Å². The normalized spacial score (nSPS) is 12.0. The van der Waals surface area contributed by atoms with Gasteiger partial charge in [-0.15, -0.1) is 0 Å². The van der Waals surface area contributed by atoms with Crippen LogP contribution in [0, 0.1) is 6.92 Å². The summed E-state index contributed by atoms with van der Waals surface area (Å²) in [5.41, 5.74) is 1.37. The van der Waals surface area contributed by atoms with Crippen molar-refractivity contribution in [2.45, 2.75) is 20.0 Å². The lowest BCUT2D eigenvalue weighted by Crippen LogP contribution is -2.30. The van der Waals surface area contributed by atoms with Crippen LogP contribution in [-0.2, 0) is 13.1 Å². The Labute approximate surface area is 174 Å². The van der Waals surface area contributed by atoms with Gasteiger partial charge in [0.1, 0.15) is 23.0 Å². The van der Waals surface area contributed by atoms with E-state index < -0.39 is 0 Å². The molecule has 3 aromatic rings. The van der Waals surface area contributed by atoms with Gasteiger partial charge in [0, 0.05) is 12.6 Å². The molecule has 1 aromatic heterocycles. The van der Waals surface area contributed by atoms with Crippen LogP contribution in [0.5, 0.6) is 23.0 Å². The summed E-state index contributed by atoms with van der Waals surface area (Å²) >= 11 is 0. The van der Waals surface area contributed by atoms with Crippen LogP contribution in [-0.4, -0.2) is 31.8 Å². The fraction of sp³-hybridized carbons (Fsp3) is 0.261. The van der Waals surface area contributed by atoms with Crippen molar-refractivity contribution in [3.05, 3.63) is 71.2 Å². The Morgan fingerprint density at radius 2 is 1.80 bits per heavy atom. The van der Waals surface area contributed by atoms with Crippen LogP contribution in [0.3, 0.4) is 0 Å². The van der Waals surface area contributed by atoms with E-state index in [-0.39, 0.29) is 12.7 Å². The lowest BCUT2D eigenvalue weighted by molar-refractivity contribution is 0.0713. The van der Waals surface area contributed by atoms with E-state index in [2.05, 4.69) is 0 Å². The van der Waals surface area contributed by atoms with Gasteiger partial charge in [-0.25, -0.2) is 0 Å². The van der Waals surface area contributed by atoms with Gasteiger partial charge in [0.05, 0.1) is 26.3 Å². The monoisotopic (exact) mass is 409 g/mol. The Morgan fingerprint density at radius 1 is 0.967 bits per heavy atom. The molecule has 1 aliphatic rings. The molecule has 1 amide bonds. The summed E-state index contributed by atoms with van der Waals surface area (Å²) in [6.07, 6.45) is 0.